The van der Waals surface area contributed by atoms with Crippen molar-refractivity contribution in [1.82, 2.24) is 9.62 Å². The molecule has 3 nitrogen and oxygen atoms in total. The summed E-state index contributed by atoms with van der Waals surface area (Å²) >= 11 is 1.85. The van der Waals surface area contributed by atoms with Crippen LogP contribution in [0.25, 0.3) is 0 Å². The van der Waals surface area contributed by atoms with Crippen molar-refractivity contribution in [3.05, 3.63) is 24.3 Å². The number of anilines is 1. The van der Waals surface area contributed by atoms with Gasteiger partial charge in [0.25, 0.3) is 0 Å². The molecule has 0 spiro atoms. The molecule has 4 heteroatoms. The molecule has 1 saturated heterocycles. The molecule has 0 aromatic heterocycles. The molecule has 1 unspecified atom stereocenters. The average Bonchev–Trinajstić information content (AvgIpc) is 3.10. The summed E-state index contributed by atoms with van der Waals surface area (Å²) in [6.45, 7) is 3.55. The normalized spacial score (nSPS) is 23.7. The molecule has 0 bridgehead atoms. The second-order valence-electron chi connectivity index (χ2n) is 5.32. The van der Waals surface area contributed by atoms with Crippen LogP contribution in [0.1, 0.15) is 19.3 Å². The van der Waals surface area contributed by atoms with Crippen LogP contribution in [0.3, 0.4) is 0 Å². The molecule has 0 amide bonds. The first-order valence-corrected chi connectivity index (χ1v) is 7.60. The van der Waals surface area contributed by atoms with E-state index in [0.29, 0.717) is 0 Å². The summed E-state index contributed by atoms with van der Waals surface area (Å²) in [5, 5.41) is 3.45. The SMILES string of the molecule is Nc1ccccc1SN(CC1CCNC1)C1CC1. The average molecular weight is 263 g/mol. The molecule has 3 rings (SSSR count). The predicted molar refractivity (Wildman–Crippen MR) is 77.4 cm³/mol. The number of hydrogen-bond acceptors (Lipinski definition) is 4. The van der Waals surface area contributed by atoms with Crippen LogP contribution in [0.2, 0.25) is 0 Å². The van der Waals surface area contributed by atoms with Gasteiger partial charge in [-0.05, 0) is 62.4 Å². The fourth-order valence-corrected chi connectivity index (χ4v) is 3.65. The van der Waals surface area contributed by atoms with E-state index in [2.05, 4.69) is 21.8 Å². The van der Waals surface area contributed by atoms with Crippen molar-refractivity contribution >= 4 is 17.6 Å². The van der Waals surface area contributed by atoms with Gasteiger partial charge in [-0.15, -0.1) is 0 Å². The monoisotopic (exact) mass is 263 g/mol. The highest BCUT2D eigenvalue weighted by Crippen LogP contribution is 2.38. The Morgan fingerprint density at radius 1 is 1.28 bits per heavy atom. The van der Waals surface area contributed by atoms with Crippen LogP contribution < -0.4 is 11.1 Å². The third-order valence-electron chi connectivity index (χ3n) is 3.69. The zero-order chi connectivity index (χ0) is 12.4. The van der Waals surface area contributed by atoms with E-state index in [9.17, 15) is 0 Å². The summed E-state index contributed by atoms with van der Waals surface area (Å²) < 4.78 is 2.56. The number of nitrogens with zero attached hydrogens (tertiary/aromatic N) is 1. The second kappa shape index (κ2) is 5.51. The molecule has 2 aliphatic rings. The largest absolute Gasteiger partial charge is 0.398 e. The maximum Gasteiger partial charge on any atom is 0.0465 e. The van der Waals surface area contributed by atoms with Crippen molar-refractivity contribution in [2.75, 3.05) is 25.4 Å². The van der Waals surface area contributed by atoms with E-state index in [1.807, 2.05) is 24.1 Å². The Balaban J connectivity index is 1.64. The van der Waals surface area contributed by atoms with E-state index in [1.165, 1.54) is 43.8 Å². The molecular weight excluding hydrogens is 242 g/mol. The van der Waals surface area contributed by atoms with Gasteiger partial charge in [-0.3, -0.25) is 0 Å². The van der Waals surface area contributed by atoms with Gasteiger partial charge in [0, 0.05) is 23.2 Å². The van der Waals surface area contributed by atoms with Crippen molar-refractivity contribution in [3.63, 3.8) is 0 Å². The first-order chi connectivity index (χ1) is 8.83. The van der Waals surface area contributed by atoms with Gasteiger partial charge in [0.2, 0.25) is 0 Å². The van der Waals surface area contributed by atoms with Gasteiger partial charge in [-0.25, -0.2) is 4.31 Å². The first kappa shape index (κ1) is 12.3. The van der Waals surface area contributed by atoms with Crippen LogP contribution in [0, 0.1) is 5.92 Å². The maximum absolute atomic E-state index is 6.04. The number of nitrogens with one attached hydrogen (secondary N) is 1. The van der Waals surface area contributed by atoms with E-state index in [4.69, 9.17) is 5.73 Å². The summed E-state index contributed by atoms with van der Waals surface area (Å²) in [6.07, 6.45) is 4.01. The number of rotatable bonds is 5. The van der Waals surface area contributed by atoms with Gasteiger partial charge in [-0.1, -0.05) is 12.1 Å². The van der Waals surface area contributed by atoms with Crippen LogP contribution in [-0.4, -0.2) is 30.0 Å². The lowest BCUT2D eigenvalue weighted by Gasteiger charge is -2.24. The lowest BCUT2D eigenvalue weighted by molar-refractivity contribution is 0.381. The Bertz CT molecular complexity index is 400. The third-order valence-corrected chi connectivity index (χ3v) is 4.94. The van der Waals surface area contributed by atoms with Crippen molar-refractivity contribution in [3.8, 4) is 0 Å². The van der Waals surface area contributed by atoms with Crippen LogP contribution in [0.15, 0.2) is 29.2 Å². The summed E-state index contributed by atoms with van der Waals surface area (Å²) in [6, 6.07) is 8.96. The molecule has 1 aliphatic heterocycles. The lowest BCUT2D eigenvalue weighted by Crippen LogP contribution is -2.27. The fraction of sp³-hybridized carbons (Fsp3) is 0.571. The zero-order valence-electron chi connectivity index (χ0n) is 10.6. The zero-order valence-corrected chi connectivity index (χ0v) is 11.5. The molecule has 1 saturated carbocycles. The van der Waals surface area contributed by atoms with Crippen LogP contribution in [0.4, 0.5) is 5.69 Å². The predicted octanol–water partition coefficient (Wildman–Crippen LogP) is 2.35. The standard InChI is InChI=1S/C14H21N3S/c15-13-3-1-2-4-14(13)18-17(12-5-6-12)10-11-7-8-16-9-11/h1-4,11-12,16H,5-10,15H2. The van der Waals surface area contributed by atoms with E-state index < -0.39 is 0 Å². The molecule has 1 aromatic rings. The second-order valence-corrected chi connectivity index (χ2v) is 6.41. The third kappa shape index (κ3) is 2.99. The van der Waals surface area contributed by atoms with E-state index >= 15 is 0 Å². The number of hydrogen-bond donors (Lipinski definition) is 2. The molecule has 1 aromatic carbocycles. The molecule has 3 N–H and O–H groups in total. The summed E-state index contributed by atoms with van der Waals surface area (Å²) in [5.74, 6) is 0.808. The topological polar surface area (TPSA) is 41.3 Å². The van der Waals surface area contributed by atoms with Crippen molar-refractivity contribution in [2.45, 2.75) is 30.2 Å². The van der Waals surface area contributed by atoms with Gasteiger partial charge in [-0.2, -0.15) is 0 Å². The highest BCUT2D eigenvalue weighted by atomic mass is 32.2. The van der Waals surface area contributed by atoms with Crippen LogP contribution in [0.5, 0.6) is 0 Å². The maximum atomic E-state index is 6.04. The Morgan fingerprint density at radius 3 is 2.78 bits per heavy atom. The van der Waals surface area contributed by atoms with Gasteiger partial charge in [0.1, 0.15) is 0 Å². The number of para-hydroxylation sites is 1. The highest BCUT2D eigenvalue weighted by molar-refractivity contribution is 7.97. The van der Waals surface area contributed by atoms with Gasteiger partial charge < -0.3 is 11.1 Å². The van der Waals surface area contributed by atoms with Crippen LogP contribution in [-0.2, 0) is 0 Å². The number of nitrogens with two attached hydrogens (primary N) is 1. The molecule has 1 atom stereocenters. The first-order valence-electron chi connectivity index (χ1n) is 6.83. The number of benzene rings is 1. The van der Waals surface area contributed by atoms with Gasteiger partial charge in [0.05, 0.1) is 0 Å². The molecule has 1 heterocycles. The minimum absolute atomic E-state index is 0.773. The van der Waals surface area contributed by atoms with E-state index in [1.54, 1.807) is 0 Å². The Morgan fingerprint density at radius 2 is 2.11 bits per heavy atom. The molecule has 18 heavy (non-hydrogen) atoms. The fourth-order valence-electron chi connectivity index (χ4n) is 2.44. The quantitative estimate of drug-likeness (QED) is 0.632. The lowest BCUT2D eigenvalue weighted by atomic mass is 10.1. The van der Waals surface area contributed by atoms with Crippen molar-refractivity contribution in [1.29, 1.82) is 0 Å². The smallest absolute Gasteiger partial charge is 0.0465 e. The Kier molecular flexibility index (Phi) is 3.77. The Labute approximate surface area is 113 Å². The summed E-state index contributed by atoms with van der Waals surface area (Å²) in [7, 11) is 0. The summed E-state index contributed by atoms with van der Waals surface area (Å²) in [5.41, 5.74) is 6.94. The van der Waals surface area contributed by atoms with E-state index in [0.717, 1.165) is 17.6 Å². The molecular formula is C14H21N3S. The minimum atomic E-state index is 0.773. The van der Waals surface area contributed by atoms with Gasteiger partial charge in [0.15, 0.2) is 0 Å². The molecule has 0 radical (unpaired) electrons. The molecule has 2 fully saturated rings. The van der Waals surface area contributed by atoms with Crippen molar-refractivity contribution in [2.24, 2.45) is 5.92 Å². The Hall–Kier alpha value is -0.710. The highest BCUT2D eigenvalue weighted by Gasteiger charge is 2.32. The summed E-state index contributed by atoms with van der Waals surface area (Å²) in [4.78, 5) is 1.20. The van der Waals surface area contributed by atoms with Crippen LogP contribution >= 0.6 is 11.9 Å². The molecule has 1 aliphatic carbocycles. The molecule has 98 valence electrons. The van der Waals surface area contributed by atoms with Crippen molar-refractivity contribution < 1.29 is 0 Å². The minimum Gasteiger partial charge on any atom is -0.398 e. The van der Waals surface area contributed by atoms with Gasteiger partial charge >= 0.3 is 0 Å². The number of nitrogen functional groups attached to an aromatic ring is 1. The van der Waals surface area contributed by atoms with E-state index in [-0.39, 0.29) is 0 Å².